The van der Waals surface area contributed by atoms with E-state index in [1.165, 1.54) is 38.5 Å². The molecule has 2 rings (SSSR count). The van der Waals surface area contributed by atoms with Gasteiger partial charge in [-0.2, -0.15) is 0 Å². The molecule has 0 saturated heterocycles. The molecule has 2 atom stereocenters. The molecule has 0 aromatic rings. The van der Waals surface area contributed by atoms with Crippen molar-refractivity contribution >= 4 is 0 Å². The maximum Gasteiger partial charge on any atom is 0.0579 e. The minimum Gasteiger partial charge on any atom is -0.316 e. The van der Waals surface area contributed by atoms with Crippen LogP contribution in [0.1, 0.15) is 38.5 Å². The van der Waals surface area contributed by atoms with Crippen molar-refractivity contribution in [2.75, 3.05) is 0 Å². The van der Waals surface area contributed by atoms with Crippen molar-refractivity contribution < 1.29 is 0 Å². The molecule has 4 N–H and O–H groups in total. The van der Waals surface area contributed by atoms with Gasteiger partial charge in [-0.1, -0.05) is 12.8 Å². The summed E-state index contributed by atoms with van der Waals surface area (Å²) in [6.45, 7) is 0. The molecule has 64 valence electrons. The highest BCUT2D eigenvalue weighted by Gasteiger charge is 2.44. The van der Waals surface area contributed by atoms with Crippen LogP contribution in [0.3, 0.4) is 0 Å². The maximum absolute atomic E-state index is 5.82. The lowest BCUT2D eigenvalue weighted by Gasteiger charge is -2.36. The van der Waals surface area contributed by atoms with Crippen LogP contribution in [0.25, 0.3) is 0 Å². The van der Waals surface area contributed by atoms with Crippen LogP contribution in [-0.2, 0) is 0 Å². The number of fused-ring (bicyclic) bond motifs is 2. The molecule has 2 bridgehead atoms. The van der Waals surface area contributed by atoms with Gasteiger partial charge in [-0.3, -0.25) is 0 Å². The largest absolute Gasteiger partial charge is 0.316 e. The molecule has 0 aromatic carbocycles. The Labute approximate surface area is 68.3 Å². The Bertz CT molecular complexity index is 152. The Morgan fingerprint density at radius 3 is 2.64 bits per heavy atom. The fraction of sp³-hybridized carbons (Fsp3) is 1.00. The average molecular weight is 154 g/mol. The van der Waals surface area contributed by atoms with Crippen LogP contribution in [0, 0.1) is 11.3 Å². The average Bonchev–Trinajstić information content (AvgIpc) is 2.29. The van der Waals surface area contributed by atoms with Crippen molar-refractivity contribution in [3.05, 3.63) is 0 Å². The van der Waals surface area contributed by atoms with Gasteiger partial charge in [0.15, 0.2) is 0 Å². The third-order valence-electron chi connectivity index (χ3n) is 3.74. The molecule has 0 heterocycles. The Morgan fingerprint density at radius 2 is 2.00 bits per heavy atom. The highest BCUT2D eigenvalue weighted by atomic mass is 14.9. The highest BCUT2D eigenvalue weighted by Crippen LogP contribution is 2.51. The summed E-state index contributed by atoms with van der Waals surface area (Å²) in [5, 5.41) is 0. The van der Waals surface area contributed by atoms with E-state index in [9.17, 15) is 0 Å². The second-order valence-corrected chi connectivity index (χ2v) is 4.39. The summed E-state index contributed by atoms with van der Waals surface area (Å²) in [6.07, 6.45) is 7.98. The number of rotatable bonds is 1. The van der Waals surface area contributed by atoms with Gasteiger partial charge in [0.2, 0.25) is 0 Å². The second-order valence-electron chi connectivity index (χ2n) is 4.39. The van der Waals surface area contributed by atoms with Gasteiger partial charge in [-0.25, -0.2) is 0 Å². The SMILES string of the molecule is NC(N)C12CCCC(CC1)C2. The second kappa shape index (κ2) is 2.46. The molecule has 0 aliphatic heterocycles. The lowest BCUT2D eigenvalue weighted by Crippen LogP contribution is -2.47. The van der Waals surface area contributed by atoms with Crippen LogP contribution in [0.2, 0.25) is 0 Å². The molecule has 0 spiro atoms. The van der Waals surface area contributed by atoms with E-state index in [0.717, 1.165) is 5.92 Å². The lowest BCUT2D eigenvalue weighted by atomic mass is 9.74. The van der Waals surface area contributed by atoms with Gasteiger partial charge in [-0.15, -0.1) is 0 Å². The van der Waals surface area contributed by atoms with Crippen LogP contribution in [-0.4, -0.2) is 6.17 Å². The number of nitrogens with two attached hydrogens (primary N) is 2. The van der Waals surface area contributed by atoms with Gasteiger partial charge in [0.25, 0.3) is 0 Å². The summed E-state index contributed by atoms with van der Waals surface area (Å²) in [5.41, 5.74) is 12.0. The predicted molar refractivity (Wildman–Crippen MR) is 45.8 cm³/mol. The molecule has 2 aliphatic rings. The van der Waals surface area contributed by atoms with E-state index in [1.54, 1.807) is 0 Å². The molecule has 11 heavy (non-hydrogen) atoms. The topological polar surface area (TPSA) is 52.0 Å². The molecular weight excluding hydrogens is 136 g/mol. The van der Waals surface area contributed by atoms with E-state index in [2.05, 4.69) is 0 Å². The first kappa shape index (κ1) is 7.56. The molecule has 0 aromatic heterocycles. The van der Waals surface area contributed by atoms with E-state index in [-0.39, 0.29) is 6.17 Å². The maximum atomic E-state index is 5.82. The zero-order valence-electron chi connectivity index (χ0n) is 7.05. The van der Waals surface area contributed by atoms with E-state index in [1.807, 2.05) is 0 Å². The molecule has 2 unspecified atom stereocenters. The van der Waals surface area contributed by atoms with E-state index < -0.39 is 0 Å². The minimum absolute atomic E-state index is 0.0622. The van der Waals surface area contributed by atoms with E-state index >= 15 is 0 Å². The first-order chi connectivity index (χ1) is 5.23. The van der Waals surface area contributed by atoms with Crippen molar-refractivity contribution in [1.29, 1.82) is 0 Å². The number of hydrogen-bond donors (Lipinski definition) is 2. The molecule has 2 heteroatoms. The smallest absolute Gasteiger partial charge is 0.0579 e. The van der Waals surface area contributed by atoms with Gasteiger partial charge < -0.3 is 11.5 Å². The predicted octanol–water partition coefficient (Wildman–Crippen LogP) is 1.20. The zero-order valence-corrected chi connectivity index (χ0v) is 7.05. The van der Waals surface area contributed by atoms with Crippen molar-refractivity contribution in [3.63, 3.8) is 0 Å². The van der Waals surface area contributed by atoms with Gasteiger partial charge >= 0.3 is 0 Å². The zero-order chi connectivity index (χ0) is 7.90. The Balaban J connectivity index is 2.13. The van der Waals surface area contributed by atoms with Gasteiger partial charge in [0.1, 0.15) is 0 Å². The first-order valence-corrected chi connectivity index (χ1v) is 4.74. The fourth-order valence-corrected chi connectivity index (χ4v) is 2.96. The molecule has 0 radical (unpaired) electrons. The first-order valence-electron chi connectivity index (χ1n) is 4.74. The summed E-state index contributed by atoms with van der Waals surface area (Å²) in [6, 6.07) is 0. The summed E-state index contributed by atoms with van der Waals surface area (Å²) in [5.74, 6) is 0.957. The highest BCUT2D eigenvalue weighted by molar-refractivity contribution is 4.96. The Kier molecular flexibility index (Phi) is 1.69. The summed E-state index contributed by atoms with van der Waals surface area (Å²) < 4.78 is 0. The molecule has 2 nitrogen and oxygen atoms in total. The molecular formula is C9H18N2. The summed E-state index contributed by atoms with van der Waals surface area (Å²) in [7, 11) is 0. The number of hydrogen-bond acceptors (Lipinski definition) is 2. The van der Waals surface area contributed by atoms with Crippen LogP contribution in [0.5, 0.6) is 0 Å². The third kappa shape index (κ3) is 1.09. The third-order valence-corrected chi connectivity index (χ3v) is 3.74. The van der Waals surface area contributed by atoms with Gasteiger partial charge in [-0.05, 0) is 37.0 Å². The van der Waals surface area contributed by atoms with Crippen LogP contribution < -0.4 is 11.5 Å². The van der Waals surface area contributed by atoms with Crippen molar-refractivity contribution in [1.82, 2.24) is 0 Å². The van der Waals surface area contributed by atoms with Crippen molar-refractivity contribution in [3.8, 4) is 0 Å². The molecule has 0 amide bonds. The standard InChI is InChI=1S/C9H18N2/c10-8(11)9-4-1-2-7(6-9)3-5-9/h7-8H,1-6,10-11H2. The van der Waals surface area contributed by atoms with Crippen LogP contribution >= 0.6 is 0 Å². The van der Waals surface area contributed by atoms with Gasteiger partial charge in [0, 0.05) is 0 Å². The molecule has 2 fully saturated rings. The summed E-state index contributed by atoms with van der Waals surface area (Å²) >= 11 is 0. The van der Waals surface area contributed by atoms with E-state index in [0.29, 0.717) is 5.41 Å². The fourth-order valence-electron chi connectivity index (χ4n) is 2.96. The Morgan fingerprint density at radius 1 is 1.18 bits per heavy atom. The lowest BCUT2D eigenvalue weighted by molar-refractivity contribution is 0.168. The molecule has 2 aliphatic carbocycles. The Hall–Kier alpha value is -0.0800. The van der Waals surface area contributed by atoms with Crippen molar-refractivity contribution in [2.45, 2.75) is 44.7 Å². The van der Waals surface area contributed by atoms with Gasteiger partial charge in [0.05, 0.1) is 6.17 Å². The quantitative estimate of drug-likeness (QED) is 0.558. The van der Waals surface area contributed by atoms with Crippen molar-refractivity contribution in [2.24, 2.45) is 22.8 Å². The monoisotopic (exact) mass is 154 g/mol. The summed E-state index contributed by atoms with van der Waals surface area (Å²) in [4.78, 5) is 0. The normalized spacial score (nSPS) is 43.4. The molecule has 2 saturated carbocycles. The van der Waals surface area contributed by atoms with E-state index in [4.69, 9.17) is 11.5 Å². The minimum atomic E-state index is -0.0622. The van der Waals surface area contributed by atoms with Crippen LogP contribution in [0.4, 0.5) is 0 Å². The van der Waals surface area contributed by atoms with Crippen LogP contribution in [0.15, 0.2) is 0 Å².